The SMILES string of the molecule is CC(C)N1CC2CC(C1)N2C(=O)Cc1ccccc1.COc1ccc(CC(=O)N2C3CC2CN(C(C)C)C3)cc1. The van der Waals surface area contributed by atoms with Crippen molar-refractivity contribution in [3.05, 3.63) is 65.7 Å². The van der Waals surface area contributed by atoms with Gasteiger partial charge in [0.25, 0.3) is 0 Å². The van der Waals surface area contributed by atoms with Gasteiger partial charge in [-0.25, -0.2) is 0 Å². The standard InChI is InChI=1S/C17H24N2O2.C16H22N2O/c1-12(2)18-10-14-9-15(11-18)19(14)17(20)8-13-4-6-16(21-3)7-5-13;1-12(2)17-10-14-9-15(11-17)18(14)16(19)8-13-6-4-3-5-7-13/h4-7,12,14-15H,8-11H2,1-3H3;3-7,12,14-15H,8-11H2,1-2H3. The first kappa shape index (κ1) is 28.6. The van der Waals surface area contributed by atoms with Gasteiger partial charge in [-0.05, 0) is 63.8 Å². The Bertz CT molecular complexity index is 1130. The molecule has 7 nitrogen and oxygen atoms in total. The number of rotatable bonds is 7. The Morgan fingerprint density at radius 3 is 1.45 bits per heavy atom. The molecule has 216 valence electrons. The Morgan fingerprint density at radius 1 is 0.675 bits per heavy atom. The topological polar surface area (TPSA) is 56.3 Å². The van der Waals surface area contributed by atoms with Gasteiger partial charge in [-0.1, -0.05) is 42.5 Å². The van der Waals surface area contributed by atoms with Crippen LogP contribution in [0, 0.1) is 0 Å². The van der Waals surface area contributed by atoms with Crippen LogP contribution in [0.3, 0.4) is 0 Å². The van der Waals surface area contributed by atoms with Crippen molar-refractivity contribution >= 4 is 11.8 Å². The third-order valence-electron chi connectivity index (χ3n) is 9.19. The second kappa shape index (κ2) is 12.3. The van der Waals surface area contributed by atoms with Gasteiger partial charge in [0.05, 0.1) is 20.0 Å². The molecule has 4 bridgehead atoms. The number of fused-ring (bicyclic) bond motifs is 4. The van der Waals surface area contributed by atoms with E-state index in [0.29, 0.717) is 55.0 Å². The first-order valence-corrected chi connectivity index (χ1v) is 15.0. The van der Waals surface area contributed by atoms with Crippen LogP contribution < -0.4 is 4.74 Å². The fourth-order valence-corrected chi connectivity index (χ4v) is 6.81. The minimum atomic E-state index is 0.268. The van der Waals surface area contributed by atoms with Gasteiger partial charge in [0, 0.05) is 62.4 Å². The molecule has 0 aromatic heterocycles. The second-order valence-electron chi connectivity index (χ2n) is 12.5. The summed E-state index contributed by atoms with van der Waals surface area (Å²) in [6, 6.07) is 20.8. The van der Waals surface area contributed by atoms with E-state index in [4.69, 9.17) is 4.74 Å². The van der Waals surface area contributed by atoms with Crippen molar-refractivity contribution in [3.63, 3.8) is 0 Å². The normalized spacial score (nSPS) is 25.6. The Hall–Kier alpha value is -2.90. The molecule has 2 aromatic rings. The van der Waals surface area contributed by atoms with Gasteiger partial charge in [-0.15, -0.1) is 0 Å². The number of amides is 2. The molecule has 0 radical (unpaired) electrons. The zero-order valence-electron chi connectivity index (χ0n) is 24.8. The molecule has 5 aliphatic rings. The summed E-state index contributed by atoms with van der Waals surface area (Å²) in [5.74, 6) is 1.40. The lowest BCUT2D eigenvalue weighted by atomic mass is 9.86. The molecular weight excluding hydrogens is 500 g/mol. The van der Waals surface area contributed by atoms with Crippen LogP contribution in [0.25, 0.3) is 0 Å². The van der Waals surface area contributed by atoms with Gasteiger partial charge in [-0.2, -0.15) is 0 Å². The third kappa shape index (κ3) is 6.21. The van der Waals surface area contributed by atoms with E-state index >= 15 is 0 Å². The van der Waals surface area contributed by atoms with Crippen LogP contribution in [-0.4, -0.2) is 101 Å². The average Bonchev–Trinajstić information content (AvgIpc) is 2.94. The molecule has 4 atom stereocenters. The monoisotopic (exact) mass is 546 g/mol. The highest BCUT2D eigenvalue weighted by Gasteiger charge is 2.48. The van der Waals surface area contributed by atoms with Gasteiger partial charge < -0.3 is 14.5 Å². The zero-order chi connectivity index (χ0) is 28.4. The summed E-state index contributed by atoms with van der Waals surface area (Å²) in [4.78, 5) is 34.1. The Labute approximate surface area is 240 Å². The Kier molecular flexibility index (Phi) is 8.81. The van der Waals surface area contributed by atoms with Gasteiger partial charge in [0.2, 0.25) is 11.8 Å². The molecule has 0 saturated carbocycles. The Morgan fingerprint density at radius 2 is 1.07 bits per heavy atom. The molecule has 4 unspecified atom stereocenters. The third-order valence-corrected chi connectivity index (χ3v) is 9.19. The minimum Gasteiger partial charge on any atom is -0.497 e. The summed E-state index contributed by atoms with van der Waals surface area (Å²) in [7, 11) is 1.65. The number of piperazine rings is 2. The molecule has 5 aliphatic heterocycles. The van der Waals surface area contributed by atoms with Gasteiger partial charge in [-0.3, -0.25) is 19.4 Å². The summed E-state index contributed by atoms with van der Waals surface area (Å²) in [5.41, 5.74) is 2.18. The van der Waals surface area contributed by atoms with Crippen molar-refractivity contribution in [2.24, 2.45) is 0 Å². The van der Waals surface area contributed by atoms with E-state index in [1.54, 1.807) is 7.11 Å². The van der Waals surface area contributed by atoms with Crippen molar-refractivity contribution in [1.29, 1.82) is 0 Å². The van der Waals surface area contributed by atoms with Crippen LogP contribution in [0.4, 0.5) is 0 Å². The first-order valence-electron chi connectivity index (χ1n) is 15.0. The zero-order valence-corrected chi connectivity index (χ0v) is 24.8. The van der Waals surface area contributed by atoms with E-state index in [-0.39, 0.29) is 5.91 Å². The summed E-state index contributed by atoms with van der Waals surface area (Å²) < 4.78 is 5.15. The predicted molar refractivity (Wildman–Crippen MR) is 158 cm³/mol. The summed E-state index contributed by atoms with van der Waals surface area (Å²) >= 11 is 0. The molecule has 2 amide bonds. The van der Waals surface area contributed by atoms with Crippen molar-refractivity contribution in [1.82, 2.24) is 19.6 Å². The molecule has 2 aromatic carbocycles. The van der Waals surface area contributed by atoms with Crippen molar-refractivity contribution in [2.45, 2.75) is 89.6 Å². The fraction of sp³-hybridized carbons (Fsp3) is 0.576. The number of nitrogens with zero attached hydrogens (tertiary/aromatic N) is 4. The number of carbonyl (C=O) groups excluding carboxylic acids is 2. The number of carbonyl (C=O) groups is 2. The maximum absolute atomic E-state index is 12.5. The van der Waals surface area contributed by atoms with Crippen molar-refractivity contribution < 1.29 is 14.3 Å². The van der Waals surface area contributed by atoms with Crippen LogP contribution in [0.2, 0.25) is 0 Å². The highest BCUT2D eigenvalue weighted by Crippen LogP contribution is 2.34. The molecule has 5 fully saturated rings. The van der Waals surface area contributed by atoms with Gasteiger partial charge in [0.1, 0.15) is 5.75 Å². The highest BCUT2D eigenvalue weighted by molar-refractivity contribution is 5.81. The van der Waals surface area contributed by atoms with Gasteiger partial charge >= 0.3 is 0 Å². The maximum Gasteiger partial charge on any atom is 0.227 e. The molecule has 0 N–H and O–H groups in total. The lowest BCUT2D eigenvalue weighted by Gasteiger charge is -2.57. The first-order chi connectivity index (χ1) is 19.2. The van der Waals surface area contributed by atoms with E-state index in [9.17, 15) is 9.59 Å². The van der Waals surface area contributed by atoms with E-state index in [2.05, 4.69) is 47.3 Å². The number of hydrogen-bond acceptors (Lipinski definition) is 5. The van der Waals surface area contributed by atoms with Crippen LogP contribution >= 0.6 is 0 Å². The molecule has 0 spiro atoms. The molecular formula is C33H46N4O3. The van der Waals surface area contributed by atoms with E-state index in [1.807, 2.05) is 54.6 Å². The second-order valence-corrected chi connectivity index (χ2v) is 12.5. The Balaban J connectivity index is 0.000000162. The summed E-state index contributed by atoms with van der Waals surface area (Å²) in [6.07, 6.45) is 3.43. The minimum absolute atomic E-state index is 0.268. The van der Waals surface area contributed by atoms with E-state index in [0.717, 1.165) is 43.1 Å². The molecule has 5 heterocycles. The predicted octanol–water partition coefficient (Wildman–Crippen LogP) is 3.85. The molecule has 7 rings (SSSR count). The number of ether oxygens (including phenoxy) is 1. The average molecular weight is 547 g/mol. The number of hydrogen-bond donors (Lipinski definition) is 0. The smallest absolute Gasteiger partial charge is 0.227 e. The summed E-state index contributed by atoms with van der Waals surface area (Å²) in [5, 5.41) is 0. The fourth-order valence-electron chi connectivity index (χ4n) is 6.81. The van der Waals surface area contributed by atoms with Crippen molar-refractivity contribution in [2.75, 3.05) is 33.3 Å². The number of benzene rings is 2. The van der Waals surface area contributed by atoms with E-state index < -0.39 is 0 Å². The van der Waals surface area contributed by atoms with Crippen LogP contribution in [0.5, 0.6) is 5.75 Å². The molecule has 0 aliphatic carbocycles. The number of likely N-dealkylation sites (tertiary alicyclic amines) is 2. The summed E-state index contributed by atoms with van der Waals surface area (Å²) in [6.45, 7) is 13.1. The number of methoxy groups -OCH3 is 1. The quantitative estimate of drug-likeness (QED) is 0.528. The van der Waals surface area contributed by atoms with Gasteiger partial charge in [0.15, 0.2) is 0 Å². The van der Waals surface area contributed by atoms with Crippen LogP contribution in [0.1, 0.15) is 51.7 Å². The lowest BCUT2D eigenvalue weighted by Crippen LogP contribution is -2.71. The highest BCUT2D eigenvalue weighted by atomic mass is 16.5. The molecule has 7 heteroatoms. The lowest BCUT2D eigenvalue weighted by molar-refractivity contribution is -0.155. The van der Waals surface area contributed by atoms with E-state index in [1.165, 1.54) is 12.8 Å². The molecule has 5 saturated heterocycles. The van der Waals surface area contributed by atoms with Crippen LogP contribution in [0.15, 0.2) is 54.6 Å². The van der Waals surface area contributed by atoms with Crippen molar-refractivity contribution in [3.8, 4) is 5.75 Å². The number of piperidine rings is 2. The largest absolute Gasteiger partial charge is 0.497 e. The maximum atomic E-state index is 12.5. The molecule has 40 heavy (non-hydrogen) atoms. The van der Waals surface area contributed by atoms with Crippen LogP contribution in [-0.2, 0) is 22.4 Å².